The van der Waals surface area contributed by atoms with E-state index in [-0.39, 0.29) is 35.2 Å². The van der Waals surface area contributed by atoms with Crippen LogP contribution in [-0.2, 0) is 19.1 Å². The van der Waals surface area contributed by atoms with Gasteiger partial charge in [0.15, 0.2) is 6.61 Å². The van der Waals surface area contributed by atoms with Crippen LogP contribution in [0.3, 0.4) is 0 Å². The molecule has 0 N–H and O–H groups in total. The van der Waals surface area contributed by atoms with Gasteiger partial charge in [0.25, 0.3) is 5.69 Å². The van der Waals surface area contributed by atoms with Crippen LogP contribution < -0.4 is 0 Å². The Morgan fingerprint density at radius 2 is 2.12 bits per heavy atom. The standard InChI is InChI=1S/C17H15NO7/c19-12(8-2-1-3-10(4-8)18(22)23)7-24-16(20)14-9-5-11-13(6-9)25-17(21)15(11)14/h1-4,9,11,13-15H,5-7H2/t9-,11+,13-,14-,15+/m1/s1. The van der Waals surface area contributed by atoms with E-state index in [0.29, 0.717) is 6.42 Å². The second-order valence-corrected chi connectivity index (χ2v) is 6.76. The highest BCUT2D eigenvalue weighted by molar-refractivity contribution is 5.98. The lowest BCUT2D eigenvalue weighted by atomic mass is 9.80. The molecule has 25 heavy (non-hydrogen) atoms. The van der Waals surface area contributed by atoms with Gasteiger partial charge < -0.3 is 9.47 Å². The number of ether oxygens (including phenoxy) is 2. The molecule has 130 valence electrons. The Balaban J connectivity index is 1.41. The van der Waals surface area contributed by atoms with Gasteiger partial charge in [0.1, 0.15) is 6.10 Å². The molecular formula is C17H15NO7. The normalized spacial score (nSPS) is 31.7. The molecule has 1 aromatic rings. The van der Waals surface area contributed by atoms with Crippen molar-refractivity contribution in [1.29, 1.82) is 0 Å². The number of benzene rings is 1. The van der Waals surface area contributed by atoms with Crippen LogP contribution in [-0.4, -0.2) is 35.4 Å². The molecular weight excluding hydrogens is 330 g/mol. The summed E-state index contributed by atoms with van der Waals surface area (Å²) >= 11 is 0. The summed E-state index contributed by atoms with van der Waals surface area (Å²) in [6.45, 7) is -0.501. The van der Waals surface area contributed by atoms with E-state index in [1.165, 1.54) is 18.2 Å². The van der Waals surface area contributed by atoms with Crippen LogP contribution in [0.2, 0.25) is 0 Å². The van der Waals surface area contributed by atoms with Gasteiger partial charge in [-0.05, 0) is 18.8 Å². The van der Waals surface area contributed by atoms with Crippen LogP contribution in [0, 0.1) is 33.8 Å². The topological polar surface area (TPSA) is 113 Å². The molecule has 0 radical (unpaired) electrons. The summed E-state index contributed by atoms with van der Waals surface area (Å²) in [5.41, 5.74) is -0.0969. The van der Waals surface area contributed by atoms with Gasteiger partial charge in [0, 0.05) is 23.6 Å². The molecule has 0 amide bonds. The average Bonchev–Trinajstić information content (AvgIpc) is 3.21. The maximum atomic E-state index is 12.4. The Morgan fingerprint density at radius 3 is 2.88 bits per heavy atom. The molecule has 3 aliphatic rings. The number of nitrogens with zero attached hydrogens (tertiary/aromatic N) is 1. The monoisotopic (exact) mass is 345 g/mol. The number of hydrogen-bond acceptors (Lipinski definition) is 7. The largest absolute Gasteiger partial charge is 0.462 e. The van der Waals surface area contributed by atoms with Gasteiger partial charge >= 0.3 is 11.9 Å². The molecule has 3 fully saturated rings. The van der Waals surface area contributed by atoms with Gasteiger partial charge in [-0.2, -0.15) is 0 Å². The van der Waals surface area contributed by atoms with Crippen LogP contribution in [0.5, 0.6) is 0 Å². The molecule has 1 saturated heterocycles. The lowest BCUT2D eigenvalue weighted by molar-refractivity contribution is -0.384. The summed E-state index contributed by atoms with van der Waals surface area (Å²) in [5, 5.41) is 10.8. The van der Waals surface area contributed by atoms with Crippen molar-refractivity contribution in [3.8, 4) is 0 Å². The number of non-ortho nitro benzene ring substituents is 1. The number of nitro groups is 1. The first kappa shape index (κ1) is 15.7. The molecule has 2 bridgehead atoms. The molecule has 0 spiro atoms. The number of nitro benzene ring substituents is 1. The van der Waals surface area contributed by atoms with Crippen LogP contribution in [0.4, 0.5) is 5.69 Å². The zero-order valence-corrected chi connectivity index (χ0v) is 13.1. The molecule has 8 heteroatoms. The fraction of sp³-hybridized carbons (Fsp3) is 0.471. The lowest BCUT2D eigenvalue weighted by Crippen LogP contribution is -2.34. The van der Waals surface area contributed by atoms with E-state index < -0.39 is 35.1 Å². The summed E-state index contributed by atoms with van der Waals surface area (Å²) in [6, 6.07) is 5.25. The average molecular weight is 345 g/mol. The van der Waals surface area contributed by atoms with E-state index in [4.69, 9.17) is 9.47 Å². The van der Waals surface area contributed by atoms with Crippen molar-refractivity contribution in [3.63, 3.8) is 0 Å². The van der Waals surface area contributed by atoms with E-state index in [9.17, 15) is 24.5 Å². The van der Waals surface area contributed by atoms with Crippen LogP contribution in [0.15, 0.2) is 24.3 Å². The molecule has 5 atom stereocenters. The second kappa shape index (κ2) is 5.65. The Morgan fingerprint density at radius 1 is 1.32 bits per heavy atom. The summed E-state index contributed by atoms with van der Waals surface area (Å²) in [6.07, 6.45) is 1.38. The number of fused-ring (bicyclic) bond motifs is 1. The third kappa shape index (κ3) is 2.48. The minimum Gasteiger partial charge on any atom is -0.462 e. The maximum absolute atomic E-state index is 12.4. The van der Waals surface area contributed by atoms with Gasteiger partial charge in [-0.25, -0.2) is 0 Å². The summed E-state index contributed by atoms with van der Waals surface area (Å²) in [7, 11) is 0. The molecule has 1 heterocycles. The van der Waals surface area contributed by atoms with Gasteiger partial charge in [-0.1, -0.05) is 12.1 Å². The summed E-state index contributed by atoms with van der Waals surface area (Å²) < 4.78 is 10.4. The first-order chi connectivity index (χ1) is 12.0. The molecule has 4 rings (SSSR count). The zero-order valence-electron chi connectivity index (χ0n) is 13.1. The highest BCUT2D eigenvalue weighted by Crippen LogP contribution is 2.57. The van der Waals surface area contributed by atoms with Gasteiger partial charge in [0.2, 0.25) is 5.78 Å². The minimum absolute atomic E-state index is 0.0619. The number of rotatable bonds is 5. The number of hydrogen-bond donors (Lipinski definition) is 0. The number of Topliss-reactive ketones (excluding diaryl/α,β-unsaturated/α-hetero) is 1. The highest BCUT2D eigenvalue weighted by Gasteiger charge is 2.64. The van der Waals surface area contributed by atoms with E-state index in [0.717, 1.165) is 12.5 Å². The summed E-state index contributed by atoms with van der Waals surface area (Å²) in [5.74, 6) is -2.28. The Kier molecular flexibility index (Phi) is 3.55. The zero-order chi connectivity index (χ0) is 17.7. The van der Waals surface area contributed by atoms with Crippen LogP contribution >= 0.6 is 0 Å². The van der Waals surface area contributed by atoms with Crippen molar-refractivity contribution in [2.75, 3.05) is 6.61 Å². The first-order valence-corrected chi connectivity index (χ1v) is 8.10. The third-order valence-corrected chi connectivity index (χ3v) is 5.48. The SMILES string of the molecule is O=C(COC(=O)[C@@H]1[C@@H]2C[C@@H]3[C@@H]1C(=O)O[C@@H]3C2)c1cccc([N+](=O)[O-])c1. The van der Waals surface area contributed by atoms with Gasteiger partial charge in [0.05, 0.1) is 16.8 Å². The van der Waals surface area contributed by atoms with E-state index in [1.807, 2.05) is 0 Å². The van der Waals surface area contributed by atoms with Crippen molar-refractivity contribution in [3.05, 3.63) is 39.9 Å². The maximum Gasteiger partial charge on any atom is 0.310 e. The van der Waals surface area contributed by atoms with Gasteiger partial charge in [-0.15, -0.1) is 0 Å². The predicted molar refractivity (Wildman–Crippen MR) is 81.5 cm³/mol. The number of ketones is 1. The van der Waals surface area contributed by atoms with Crippen molar-refractivity contribution < 1.29 is 28.8 Å². The minimum atomic E-state index is -0.597. The summed E-state index contributed by atoms with van der Waals surface area (Å²) in [4.78, 5) is 46.6. The highest BCUT2D eigenvalue weighted by atomic mass is 16.6. The fourth-order valence-corrected chi connectivity index (χ4v) is 4.43. The van der Waals surface area contributed by atoms with Gasteiger partial charge in [-0.3, -0.25) is 24.5 Å². The quantitative estimate of drug-likeness (QED) is 0.344. The Bertz CT molecular complexity index is 787. The second-order valence-electron chi connectivity index (χ2n) is 6.76. The molecule has 2 saturated carbocycles. The third-order valence-electron chi connectivity index (χ3n) is 5.48. The Labute approximate surface area is 142 Å². The van der Waals surface area contributed by atoms with Crippen molar-refractivity contribution in [2.45, 2.75) is 18.9 Å². The van der Waals surface area contributed by atoms with Crippen LogP contribution in [0.1, 0.15) is 23.2 Å². The molecule has 2 aliphatic carbocycles. The van der Waals surface area contributed by atoms with E-state index in [1.54, 1.807) is 0 Å². The molecule has 8 nitrogen and oxygen atoms in total. The van der Waals surface area contributed by atoms with Crippen molar-refractivity contribution >= 4 is 23.4 Å². The molecule has 1 aliphatic heterocycles. The van der Waals surface area contributed by atoms with Crippen molar-refractivity contribution in [2.24, 2.45) is 23.7 Å². The smallest absolute Gasteiger partial charge is 0.310 e. The fourth-order valence-electron chi connectivity index (χ4n) is 4.43. The van der Waals surface area contributed by atoms with E-state index >= 15 is 0 Å². The molecule has 0 aromatic heterocycles. The number of esters is 2. The van der Waals surface area contributed by atoms with Crippen molar-refractivity contribution in [1.82, 2.24) is 0 Å². The Hall–Kier alpha value is -2.77. The predicted octanol–water partition coefficient (Wildman–Crippen LogP) is 1.52. The van der Waals surface area contributed by atoms with E-state index in [2.05, 4.69) is 0 Å². The first-order valence-electron chi connectivity index (χ1n) is 8.10. The number of carbonyl (C=O) groups is 3. The number of carbonyl (C=O) groups excluding carboxylic acids is 3. The molecule has 0 unspecified atom stereocenters. The lowest BCUT2D eigenvalue weighted by Gasteiger charge is -2.22. The van der Waals surface area contributed by atoms with Crippen LogP contribution in [0.25, 0.3) is 0 Å². The molecule has 1 aromatic carbocycles.